The van der Waals surface area contributed by atoms with Crippen molar-refractivity contribution in [3.05, 3.63) is 87.7 Å². The van der Waals surface area contributed by atoms with Gasteiger partial charge in [-0.2, -0.15) is 8.42 Å². The molecule has 0 fully saturated rings. The predicted octanol–water partition coefficient (Wildman–Crippen LogP) is 5.27. The molecule has 1 aliphatic rings. The Kier molecular flexibility index (Phi) is 5.21. The predicted molar refractivity (Wildman–Crippen MR) is 111 cm³/mol. The molecule has 0 spiro atoms. The summed E-state index contributed by atoms with van der Waals surface area (Å²) < 4.78 is 48.1. The van der Waals surface area contributed by atoms with Gasteiger partial charge >= 0.3 is 0 Å². The fourth-order valence-electron chi connectivity index (χ4n) is 2.82. The molecule has 3 aromatic carbocycles. The Morgan fingerprint density at radius 3 is 2.55 bits per heavy atom. The molecule has 0 saturated heterocycles. The van der Waals surface area contributed by atoms with Crippen molar-refractivity contribution in [3.8, 4) is 5.75 Å². The standard InChI is InChI=1S/C20H13Cl2FN2O3S/c21-14-4-3-5-16(23)13(14)11-28-18-9-8-12(10-15(18)22)20-24-17-6-1-2-7-19(17)29(26,27)25-20/h1-10H,11H2,(H,24,25). The van der Waals surface area contributed by atoms with Crippen LogP contribution >= 0.6 is 23.2 Å². The molecular weight excluding hydrogens is 438 g/mol. The molecule has 1 N–H and O–H groups in total. The number of hydrogen-bond acceptors (Lipinski definition) is 4. The maximum Gasteiger partial charge on any atom is 0.286 e. The van der Waals surface area contributed by atoms with Gasteiger partial charge in [-0.15, -0.1) is 4.40 Å². The number of hydrogen-bond donors (Lipinski definition) is 1. The number of benzene rings is 3. The van der Waals surface area contributed by atoms with Gasteiger partial charge in [0.2, 0.25) is 0 Å². The molecule has 1 heterocycles. The first-order valence-electron chi connectivity index (χ1n) is 8.42. The Hall–Kier alpha value is -2.61. The van der Waals surface area contributed by atoms with Crippen LogP contribution in [0.4, 0.5) is 10.1 Å². The molecule has 148 valence electrons. The minimum atomic E-state index is -3.82. The Morgan fingerprint density at radius 2 is 1.79 bits per heavy atom. The summed E-state index contributed by atoms with van der Waals surface area (Å²) in [6.45, 7) is -0.106. The maximum absolute atomic E-state index is 13.9. The lowest BCUT2D eigenvalue weighted by atomic mass is 10.2. The van der Waals surface area contributed by atoms with E-state index in [9.17, 15) is 12.8 Å². The van der Waals surface area contributed by atoms with E-state index in [1.807, 2.05) is 0 Å². The first kappa shape index (κ1) is 19.7. The smallest absolute Gasteiger partial charge is 0.286 e. The second kappa shape index (κ2) is 7.67. The molecular formula is C20H13Cl2FN2O3S. The minimum absolute atomic E-state index is 0.106. The quantitative estimate of drug-likeness (QED) is 0.587. The van der Waals surface area contributed by atoms with Crippen molar-refractivity contribution in [1.29, 1.82) is 0 Å². The van der Waals surface area contributed by atoms with E-state index in [4.69, 9.17) is 27.9 Å². The van der Waals surface area contributed by atoms with Gasteiger partial charge in [-0.25, -0.2) is 4.39 Å². The third-order valence-corrected chi connectivity index (χ3v) is 6.25. The highest BCUT2D eigenvalue weighted by molar-refractivity contribution is 7.90. The molecule has 0 saturated carbocycles. The third-order valence-electron chi connectivity index (χ3n) is 4.27. The number of sulfonamides is 1. The zero-order valence-corrected chi connectivity index (χ0v) is 17.0. The molecule has 0 aliphatic carbocycles. The van der Waals surface area contributed by atoms with Crippen molar-refractivity contribution in [3.63, 3.8) is 0 Å². The average molecular weight is 451 g/mol. The van der Waals surface area contributed by atoms with Gasteiger partial charge in [0.25, 0.3) is 10.0 Å². The van der Waals surface area contributed by atoms with Crippen molar-refractivity contribution < 1.29 is 17.5 Å². The van der Waals surface area contributed by atoms with E-state index in [1.165, 1.54) is 24.3 Å². The van der Waals surface area contributed by atoms with Crippen LogP contribution in [0, 0.1) is 5.82 Å². The van der Waals surface area contributed by atoms with Crippen LogP contribution in [0.25, 0.3) is 0 Å². The second-order valence-electron chi connectivity index (χ2n) is 6.17. The molecule has 0 amide bonds. The molecule has 29 heavy (non-hydrogen) atoms. The molecule has 0 bridgehead atoms. The maximum atomic E-state index is 13.9. The highest BCUT2D eigenvalue weighted by atomic mass is 35.5. The Balaban J connectivity index is 1.59. The van der Waals surface area contributed by atoms with Crippen molar-refractivity contribution in [2.75, 3.05) is 5.32 Å². The lowest BCUT2D eigenvalue weighted by Crippen LogP contribution is -2.22. The van der Waals surface area contributed by atoms with E-state index in [0.29, 0.717) is 17.0 Å². The molecule has 4 rings (SSSR count). The Morgan fingerprint density at radius 1 is 1.00 bits per heavy atom. The number of nitrogens with zero attached hydrogens (tertiary/aromatic N) is 1. The molecule has 0 unspecified atom stereocenters. The summed E-state index contributed by atoms with van der Waals surface area (Å²) in [5.41, 5.74) is 1.11. The highest BCUT2D eigenvalue weighted by Crippen LogP contribution is 2.31. The number of ether oxygens (including phenoxy) is 1. The SMILES string of the molecule is O=S1(=O)N=C(c2ccc(OCc3c(F)cccc3Cl)c(Cl)c2)Nc2ccccc21. The molecule has 9 heteroatoms. The van der Waals surface area contributed by atoms with E-state index in [-0.39, 0.29) is 32.9 Å². The Bertz CT molecular complexity index is 1230. The normalized spacial score (nSPS) is 14.5. The van der Waals surface area contributed by atoms with E-state index < -0.39 is 15.8 Å². The van der Waals surface area contributed by atoms with Crippen molar-refractivity contribution in [1.82, 2.24) is 0 Å². The monoisotopic (exact) mass is 450 g/mol. The number of amidine groups is 1. The number of rotatable bonds is 4. The van der Waals surface area contributed by atoms with Gasteiger partial charge < -0.3 is 10.1 Å². The average Bonchev–Trinajstić information content (AvgIpc) is 2.68. The second-order valence-corrected chi connectivity index (χ2v) is 8.56. The van der Waals surface area contributed by atoms with Crippen molar-refractivity contribution >= 4 is 44.7 Å². The number of halogens is 3. The number of anilines is 1. The first-order chi connectivity index (χ1) is 13.8. The van der Waals surface area contributed by atoms with Crippen LogP contribution in [0.5, 0.6) is 5.75 Å². The lowest BCUT2D eigenvalue weighted by molar-refractivity contribution is 0.300. The summed E-state index contributed by atoms with van der Waals surface area (Å²) in [6.07, 6.45) is 0. The van der Waals surface area contributed by atoms with Crippen LogP contribution in [-0.4, -0.2) is 14.3 Å². The van der Waals surface area contributed by atoms with E-state index in [2.05, 4.69) is 9.71 Å². The summed E-state index contributed by atoms with van der Waals surface area (Å²) in [7, 11) is -3.82. The van der Waals surface area contributed by atoms with Gasteiger partial charge in [-0.3, -0.25) is 0 Å². The fourth-order valence-corrected chi connectivity index (χ4v) is 4.41. The number of nitrogens with one attached hydrogen (secondary N) is 1. The van der Waals surface area contributed by atoms with E-state index in [1.54, 1.807) is 36.4 Å². The molecule has 0 aromatic heterocycles. The van der Waals surface area contributed by atoms with Crippen LogP contribution in [0.1, 0.15) is 11.1 Å². The van der Waals surface area contributed by atoms with Crippen LogP contribution in [0.3, 0.4) is 0 Å². The zero-order chi connectivity index (χ0) is 20.6. The summed E-state index contributed by atoms with van der Waals surface area (Å²) in [5.74, 6) is -0.0291. The van der Waals surface area contributed by atoms with Gasteiger partial charge in [-0.05, 0) is 42.5 Å². The van der Waals surface area contributed by atoms with Gasteiger partial charge in [0.1, 0.15) is 23.1 Å². The summed E-state index contributed by atoms with van der Waals surface area (Å²) in [4.78, 5) is 0.108. The number of para-hydroxylation sites is 1. The summed E-state index contributed by atoms with van der Waals surface area (Å²) in [5, 5.41) is 3.46. The van der Waals surface area contributed by atoms with Crippen molar-refractivity contribution in [2.24, 2.45) is 4.40 Å². The summed E-state index contributed by atoms with van der Waals surface area (Å²) in [6, 6.07) is 15.5. The molecule has 1 aliphatic heterocycles. The number of fused-ring (bicyclic) bond motifs is 1. The Labute approximate surface area is 176 Å². The first-order valence-corrected chi connectivity index (χ1v) is 10.6. The molecule has 5 nitrogen and oxygen atoms in total. The van der Waals surface area contributed by atoms with Crippen LogP contribution in [0.2, 0.25) is 10.0 Å². The fraction of sp³-hybridized carbons (Fsp3) is 0.0500. The van der Waals surface area contributed by atoms with Crippen LogP contribution in [-0.2, 0) is 16.6 Å². The van der Waals surface area contributed by atoms with Crippen LogP contribution in [0.15, 0.2) is 70.0 Å². The topological polar surface area (TPSA) is 67.8 Å². The van der Waals surface area contributed by atoms with Crippen molar-refractivity contribution in [2.45, 2.75) is 11.5 Å². The summed E-state index contributed by atoms with van der Waals surface area (Å²) >= 11 is 12.3. The lowest BCUT2D eigenvalue weighted by Gasteiger charge is -2.18. The minimum Gasteiger partial charge on any atom is -0.487 e. The van der Waals surface area contributed by atoms with Gasteiger partial charge in [0.05, 0.1) is 15.7 Å². The van der Waals surface area contributed by atoms with E-state index in [0.717, 1.165) is 0 Å². The van der Waals surface area contributed by atoms with Gasteiger partial charge in [-0.1, -0.05) is 41.4 Å². The highest BCUT2D eigenvalue weighted by Gasteiger charge is 2.25. The van der Waals surface area contributed by atoms with Crippen LogP contribution < -0.4 is 10.1 Å². The molecule has 0 atom stereocenters. The van der Waals surface area contributed by atoms with Gasteiger partial charge in [0, 0.05) is 11.1 Å². The zero-order valence-electron chi connectivity index (χ0n) is 14.7. The van der Waals surface area contributed by atoms with Gasteiger partial charge in [0.15, 0.2) is 5.84 Å². The van der Waals surface area contributed by atoms with E-state index >= 15 is 0 Å². The molecule has 3 aromatic rings. The largest absolute Gasteiger partial charge is 0.487 e. The molecule has 0 radical (unpaired) electrons. The third kappa shape index (κ3) is 3.94.